The van der Waals surface area contributed by atoms with Crippen LogP contribution in [0, 0.1) is 5.92 Å². The van der Waals surface area contributed by atoms with Gasteiger partial charge in [0.1, 0.15) is 18.3 Å². The van der Waals surface area contributed by atoms with Crippen molar-refractivity contribution >= 4 is 5.91 Å². The molecule has 1 amide bonds. The number of carbonyl (C=O) groups excluding carboxylic acids is 1. The Labute approximate surface area is 112 Å². The quantitative estimate of drug-likeness (QED) is 0.870. The second-order valence-electron chi connectivity index (χ2n) is 5.79. The van der Waals surface area contributed by atoms with Gasteiger partial charge in [0.2, 0.25) is 5.91 Å². The maximum Gasteiger partial charge on any atom is 0.220 e. The van der Waals surface area contributed by atoms with Gasteiger partial charge in [0.25, 0.3) is 0 Å². The van der Waals surface area contributed by atoms with E-state index in [4.69, 9.17) is 4.74 Å². The second kappa shape index (κ2) is 4.62. The molecule has 0 radical (unpaired) electrons. The molecule has 2 bridgehead atoms. The Morgan fingerprint density at radius 2 is 1.95 bits per heavy atom. The van der Waals surface area contributed by atoms with Gasteiger partial charge in [-0.25, -0.2) is 0 Å². The van der Waals surface area contributed by atoms with Gasteiger partial charge < -0.3 is 15.2 Å². The topological polar surface area (TPSA) is 58.6 Å². The van der Waals surface area contributed by atoms with Crippen LogP contribution in [0.5, 0.6) is 0 Å². The van der Waals surface area contributed by atoms with E-state index in [2.05, 4.69) is 5.32 Å². The van der Waals surface area contributed by atoms with Crippen molar-refractivity contribution in [2.45, 2.75) is 44.6 Å². The molecule has 3 rings (SSSR count). The van der Waals surface area contributed by atoms with E-state index in [1.807, 2.05) is 38.1 Å². The molecule has 2 heterocycles. The SMILES string of the molecule is CC(C)CC(=O)N[C@H]1[C@H](O)[C@@H]2O[C@H]1c1ccccc12. The predicted octanol–water partition coefficient (Wildman–Crippen LogP) is 1.70. The van der Waals surface area contributed by atoms with Crippen LogP contribution in [-0.2, 0) is 9.53 Å². The number of hydrogen-bond donors (Lipinski definition) is 2. The maximum absolute atomic E-state index is 11.9. The predicted molar refractivity (Wildman–Crippen MR) is 70.4 cm³/mol. The zero-order valence-electron chi connectivity index (χ0n) is 11.2. The van der Waals surface area contributed by atoms with Gasteiger partial charge in [0, 0.05) is 6.42 Å². The number of fused-ring (bicyclic) bond motifs is 5. The van der Waals surface area contributed by atoms with E-state index in [9.17, 15) is 9.90 Å². The first kappa shape index (κ1) is 12.6. The van der Waals surface area contributed by atoms with Crippen LogP contribution in [0.4, 0.5) is 0 Å². The third kappa shape index (κ3) is 2.05. The van der Waals surface area contributed by atoms with E-state index < -0.39 is 6.10 Å². The highest BCUT2D eigenvalue weighted by Crippen LogP contribution is 2.50. The molecule has 1 saturated heterocycles. The molecule has 102 valence electrons. The van der Waals surface area contributed by atoms with E-state index in [0.717, 1.165) is 11.1 Å². The van der Waals surface area contributed by atoms with Crippen LogP contribution < -0.4 is 5.32 Å². The Morgan fingerprint density at radius 1 is 1.32 bits per heavy atom. The van der Waals surface area contributed by atoms with Gasteiger partial charge >= 0.3 is 0 Å². The summed E-state index contributed by atoms with van der Waals surface area (Å²) in [5.41, 5.74) is 2.14. The molecule has 2 N–H and O–H groups in total. The molecular formula is C15H19NO3. The van der Waals surface area contributed by atoms with Crippen LogP contribution in [0.1, 0.15) is 43.6 Å². The Hall–Kier alpha value is -1.39. The molecule has 1 aromatic rings. The van der Waals surface area contributed by atoms with Crippen molar-refractivity contribution in [2.24, 2.45) is 5.92 Å². The number of aliphatic hydroxyl groups excluding tert-OH is 1. The van der Waals surface area contributed by atoms with Crippen LogP contribution in [0.25, 0.3) is 0 Å². The van der Waals surface area contributed by atoms with Crippen LogP contribution >= 0.6 is 0 Å². The molecule has 4 heteroatoms. The lowest BCUT2D eigenvalue weighted by atomic mass is 9.86. The molecule has 2 aliphatic heterocycles. The molecule has 19 heavy (non-hydrogen) atoms. The first-order valence-corrected chi connectivity index (χ1v) is 6.79. The number of amides is 1. The van der Waals surface area contributed by atoms with Gasteiger partial charge in [0.15, 0.2) is 0 Å². The van der Waals surface area contributed by atoms with Crippen molar-refractivity contribution in [3.05, 3.63) is 35.4 Å². The van der Waals surface area contributed by atoms with Gasteiger partial charge in [-0.15, -0.1) is 0 Å². The number of nitrogens with one attached hydrogen (secondary N) is 1. The van der Waals surface area contributed by atoms with Crippen molar-refractivity contribution in [2.75, 3.05) is 0 Å². The third-order valence-corrected chi connectivity index (χ3v) is 3.83. The molecule has 0 unspecified atom stereocenters. The fraction of sp³-hybridized carbons (Fsp3) is 0.533. The summed E-state index contributed by atoms with van der Waals surface area (Å²) in [7, 11) is 0. The molecule has 0 aromatic heterocycles. The van der Waals surface area contributed by atoms with Gasteiger partial charge in [0.05, 0.1) is 6.04 Å². The van der Waals surface area contributed by atoms with Gasteiger partial charge in [-0.05, 0) is 17.0 Å². The van der Waals surface area contributed by atoms with Gasteiger partial charge in [-0.1, -0.05) is 38.1 Å². The van der Waals surface area contributed by atoms with Crippen LogP contribution in [0.15, 0.2) is 24.3 Å². The minimum absolute atomic E-state index is 0.0207. The Morgan fingerprint density at radius 3 is 2.58 bits per heavy atom. The van der Waals surface area contributed by atoms with Crippen molar-refractivity contribution in [3.63, 3.8) is 0 Å². The highest BCUT2D eigenvalue weighted by atomic mass is 16.5. The van der Waals surface area contributed by atoms with Crippen molar-refractivity contribution in [3.8, 4) is 0 Å². The lowest BCUT2D eigenvalue weighted by molar-refractivity contribution is -0.123. The minimum atomic E-state index is -0.656. The summed E-state index contributed by atoms with van der Waals surface area (Å²) >= 11 is 0. The van der Waals surface area contributed by atoms with Gasteiger partial charge in [-0.2, -0.15) is 0 Å². The highest BCUT2D eigenvalue weighted by molar-refractivity contribution is 5.76. The summed E-state index contributed by atoms with van der Waals surface area (Å²) in [5, 5.41) is 13.2. The summed E-state index contributed by atoms with van der Waals surface area (Å²) in [6.45, 7) is 4.01. The fourth-order valence-electron chi connectivity index (χ4n) is 3.02. The lowest BCUT2D eigenvalue weighted by Gasteiger charge is -2.27. The lowest BCUT2D eigenvalue weighted by Crippen LogP contribution is -2.46. The normalized spacial score (nSPS) is 31.6. The van der Waals surface area contributed by atoms with E-state index >= 15 is 0 Å². The smallest absolute Gasteiger partial charge is 0.220 e. The minimum Gasteiger partial charge on any atom is -0.388 e. The van der Waals surface area contributed by atoms with E-state index in [1.54, 1.807) is 0 Å². The first-order chi connectivity index (χ1) is 9.08. The molecule has 1 fully saturated rings. The number of carbonyl (C=O) groups is 1. The van der Waals surface area contributed by atoms with Gasteiger partial charge in [-0.3, -0.25) is 4.79 Å². The fourth-order valence-corrected chi connectivity index (χ4v) is 3.02. The zero-order chi connectivity index (χ0) is 13.6. The molecule has 2 aliphatic rings. The first-order valence-electron chi connectivity index (χ1n) is 6.79. The largest absolute Gasteiger partial charge is 0.388 e. The standard InChI is InChI=1S/C15H19NO3/c1-8(2)7-11(17)16-12-13(18)15-10-6-4-3-5-9(10)14(12)19-15/h3-6,8,12-15,18H,7H2,1-2H3,(H,16,17)/t12-,13-,14-,15+/m0/s1. The summed E-state index contributed by atoms with van der Waals surface area (Å²) in [6, 6.07) is 7.57. The molecule has 1 aromatic carbocycles. The highest BCUT2D eigenvalue weighted by Gasteiger charge is 2.52. The zero-order valence-corrected chi connectivity index (χ0v) is 11.2. The average Bonchev–Trinajstić information content (AvgIpc) is 2.87. The monoisotopic (exact) mass is 261 g/mol. The molecule has 4 atom stereocenters. The van der Waals surface area contributed by atoms with E-state index in [1.165, 1.54) is 0 Å². The van der Waals surface area contributed by atoms with Crippen LogP contribution in [-0.4, -0.2) is 23.2 Å². The molecule has 0 saturated carbocycles. The summed E-state index contributed by atoms with van der Waals surface area (Å²) < 4.78 is 5.81. The number of benzene rings is 1. The molecule has 0 aliphatic carbocycles. The van der Waals surface area contributed by atoms with Crippen LogP contribution in [0.2, 0.25) is 0 Å². The van der Waals surface area contributed by atoms with E-state index in [-0.39, 0.29) is 24.2 Å². The number of aliphatic hydroxyl groups is 1. The Balaban J connectivity index is 1.78. The summed E-state index contributed by atoms with van der Waals surface area (Å²) in [4.78, 5) is 11.9. The van der Waals surface area contributed by atoms with E-state index in [0.29, 0.717) is 12.3 Å². The van der Waals surface area contributed by atoms with Crippen molar-refractivity contribution in [1.82, 2.24) is 5.32 Å². The second-order valence-corrected chi connectivity index (χ2v) is 5.79. The molecular weight excluding hydrogens is 242 g/mol. The number of ether oxygens (including phenoxy) is 1. The molecule has 4 nitrogen and oxygen atoms in total. The van der Waals surface area contributed by atoms with Crippen molar-refractivity contribution in [1.29, 1.82) is 0 Å². The molecule has 0 spiro atoms. The van der Waals surface area contributed by atoms with Crippen molar-refractivity contribution < 1.29 is 14.6 Å². The number of rotatable bonds is 3. The summed E-state index contributed by atoms with van der Waals surface area (Å²) in [6.07, 6.45) is -0.698. The Kier molecular flexibility index (Phi) is 3.07. The Bertz CT molecular complexity index is 500. The third-order valence-electron chi connectivity index (χ3n) is 3.83. The maximum atomic E-state index is 11.9. The number of hydrogen-bond acceptors (Lipinski definition) is 3. The average molecular weight is 261 g/mol. The van der Waals surface area contributed by atoms with Crippen LogP contribution in [0.3, 0.4) is 0 Å². The summed E-state index contributed by atoms with van der Waals surface area (Å²) in [5.74, 6) is 0.289.